The Morgan fingerprint density at radius 3 is 3.00 bits per heavy atom. The van der Waals surface area contributed by atoms with E-state index in [1.807, 2.05) is 18.3 Å². The van der Waals surface area contributed by atoms with Crippen molar-refractivity contribution in [1.82, 2.24) is 14.9 Å². The number of hydrogen-bond acceptors (Lipinski definition) is 5. The van der Waals surface area contributed by atoms with Gasteiger partial charge in [-0.3, -0.25) is 4.79 Å². The number of amides is 1. The molecule has 25 heavy (non-hydrogen) atoms. The van der Waals surface area contributed by atoms with Crippen molar-refractivity contribution in [2.45, 2.75) is 31.3 Å². The molecule has 0 spiro atoms. The third kappa shape index (κ3) is 3.49. The fourth-order valence-corrected chi connectivity index (χ4v) is 4.28. The van der Waals surface area contributed by atoms with Crippen LogP contribution in [0.4, 0.5) is 5.69 Å². The van der Waals surface area contributed by atoms with Crippen LogP contribution >= 0.6 is 24.2 Å². The molecule has 1 amide bonds. The van der Waals surface area contributed by atoms with E-state index in [0.29, 0.717) is 10.9 Å². The Bertz CT molecular complexity index is 805. The first kappa shape index (κ1) is 18.1. The lowest BCUT2D eigenvalue weighted by Crippen LogP contribution is -2.26. The fourth-order valence-electron chi connectivity index (χ4n) is 3.49. The summed E-state index contributed by atoms with van der Waals surface area (Å²) in [5.41, 5.74) is 7.92. The van der Waals surface area contributed by atoms with Crippen molar-refractivity contribution in [1.29, 1.82) is 0 Å². The van der Waals surface area contributed by atoms with Gasteiger partial charge in [0.15, 0.2) is 0 Å². The van der Waals surface area contributed by atoms with E-state index in [1.54, 1.807) is 24.2 Å². The van der Waals surface area contributed by atoms with Gasteiger partial charge in [0.1, 0.15) is 5.65 Å². The van der Waals surface area contributed by atoms with Crippen LogP contribution in [0.15, 0.2) is 35.6 Å². The zero-order chi connectivity index (χ0) is 16.5. The van der Waals surface area contributed by atoms with Crippen molar-refractivity contribution in [2.75, 3.05) is 17.6 Å². The number of nitrogens with two attached hydrogens (primary N) is 1. The van der Waals surface area contributed by atoms with Crippen LogP contribution in [0.1, 0.15) is 25.3 Å². The highest BCUT2D eigenvalue weighted by molar-refractivity contribution is 8.04. The second-order valence-electron chi connectivity index (χ2n) is 6.25. The van der Waals surface area contributed by atoms with Crippen molar-refractivity contribution in [3.63, 3.8) is 0 Å². The number of nitrogens with zero attached hydrogens (tertiary/aromatic N) is 2. The van der Waals surface area contributed by atoms with Gasteiger partial charge in [-0.25, -0.2) is 4.98 Å². The molecular weight excluding hydrogens is 358 g/mol. The van der Waals surface area contributed by atoms with Crippen molar-refractivity contribution in [3.05, 3.63) is 35.6 Å². The summed E-state index contributed by atoms with van der Waals surface area (Å²) in [5, 5.41) is 7.09. The van der Waals surface area contributed by atoms with Gasteiger partial charge in [0.25, 0.3) is 5.91 Å². The molecule has 2 atom stereocenters. The van der Waals surface area contributed by atoms with Gasteiger partial charge in [-0.05, 0) is 31.4 Å². The quantitative estimate of drug-likeness (QED) is 0.763. The average molecular weight is 380 g/mol. The van der Waals surface area contributed by atoms with Gasteiger partial charge in [-0.15, -0.1) is 24.2 Å². The van der Waals surface area contributed by atoms with Crippen LogP contribution < -0.4 is 16.4 Å². The first-order valence-electron chi connectivity index (χ1n) is 8.33. The molecule has 0 bridgehead atoms. The Labute approximate surface area is 157 Å². The molecular formula is C17H22ClN5OS. The second-order valence-corrected chi connectivity index (χ2v) is 7.38. The SMILES string of the molecule is Cl.N[C@@H]1CCC[C@H]1n1ccc2c(NC(=O)C3=CNCCS3)ccnc21. The smallest absolute Gasteiger partial charge is 0.263 e. The first-order valence-corrected chi connectivity index (χ1v) is 9.31. The highest BCUT2D eigenvalue weighted by Gasteiger charge is 2.27. The summed E-state index contributed by atoms with van der Waals surface area (Å²) in [6, 6.07) is 4.34. The van der Waals surface area contributed by atoms with Gasteiger partial charge < -0.3 is 20.9 Å². The van der Waals surface area contributed by atoms with Crippen LogP contribution in [-0.2, 0) is 4.79 Å². The molecule has 2 aliphatic rings. The number of halogens is 1. The van der Waals surface area contributed by atoms with Crippen LogP contribution in [0.2, 0.25) is 0 Å². The van der Waals surface area contributed by atoms with Gasteiger partial charge in [-0.2, -0.15) is 0 Å². The molecule has 134 valence electrons. The van der Waals surface area contributed by atoms with Crippen LogP contribution in [-0.4, -0.2) is 33.8 Å². The summed E-state index contributed by atoms with van der Waals surface area (Å²) in [6.07, 6.45) is 8.86. The predicted molar refractivity (Wildman–Crippen MR) is 105 cm³/mol. The summed E-state index contributed by atoms with van der Waals surface area (Å²) in [6.45, 7) is 0.894. The number of aromatic nitrogens is 2. The maximum atomic E-state index is 12.4. The summed E-state index contributed by atoms with van der Waals surface area (Å²) < 4.78 is 2.17. The lowest BCUT2D eigenvalue weighted by molar-refractivity contribution is -0.112. The zero-order valence-electron chi connectivity index (χ0n) is 13.8. The molecule has 0 saturated heterocycles. The Balaban J connectivity index is 0.00000182. The number of hydrogen-bond donors (Lipinski definition) is 3. The topological polar surface area (TPSA) is 85.0 Å². The van der Waals surface area contributed by atoms with E-state index in [0.717, 1.165) is 48.3 Å². The molecule has 1 fully saturated rings. The number of anilines is 1. The molecule has 2 aromatic rings. The van der Waals surface area contributed by atoms with E-state index < -0.39 is 0 Å². The van der Waals surface area contributed by atoms with Crippen LogP contribution in [0.5, 0.6) is 0 Å². The summed E-state index contributed by atoms with van der Waals surface area (Å²) in [7, 11) is 0. The maximum absolute atomic E-state index is 12.4. The molecule has 2 aromatic heterocycles. The minimum atomic E-state index is -0.0787. The van der Waals surface area contributed by atoms with E-state index in [9.17, 15) is 4.79 Å². The molecule has 0 aromatic carbocycles. The minimum absolute atomic E-state index is 0. The molecule has 4 rings (SSSR count). The summed E-state index contributed by atoms with van der Waals surface area (Å²) in [4.78, 5) is 17.7. The van der Waals surface area contributed by atoms with E-state index in [2.05, 4.69) is 20.2 Å². The summed E-state index contributed by atoms with van der Waals surface area (Å²) in [5.74, 6) is 0.825. The fraction of sp³-hybridized carbons (Fsp3) is 0.412. The van der Waals surface area contributed by atoms with Gasteiger partial charge in [0.05, 0.1) is 16.6 Å². The van der Waals surface area contributed by atoms with E-state index >= 15 is 0 Å². The van der Waals surface area contributed by atoms with Crippen molar-refractivity contribution in [3.8, 4) is 0 Å². The van der Waals surface area contributed by atoms with Gasteiger partial charge in [-0.1, -0.05) is 0 Å². The molecule has 4 N–H and O–H groups in total. The van der Waals surface area contributed by atoms with Crippen molar-refractivity contribution in [2.24, 2.45) is 5.73 Å². The van der Waals surface area contributed by atoms with E-state index in [-0.39, 0.29) is 24.4 Å². The first-order chi connectivity index (χ1) is 11.7. The molecule has 0 unspecified atom stereocenters. The van der Waals surface area contributed by atoms with Gasteiger partial charge >= 0.3 is 0 Å². The second kappa shape index (κ2) is 7.68. The normalized spacial score (nSPS) is 22.8. The monoisotopic (exact) mass is 379 g/mol. The molecule has 3 heterocycles. The standard InChI is InChI=1S/C17H21N5OS.ClH/c18-12-2-1-3-14(12)22-8-5-11-13(4-6-20-16(11)22)21-17(23)15-10-19-7-9-24-15;/h4-6,8,10,12,14,19H,1-3,7,9,18H2,(H,20,21,23);1H/t12-,14-;/m1./s1. The number of rotatable bonds is 3. The maximum Gasteiger partial charge on any atom is 0.263 e. The number of pyridine rings is 1. The lowest BCUT2D eigenvalue weighted by atomic mass is 10.2. The van der Waals surface area contributed by atoms with Crippen LogP contribution in [0.3, 0.4) is 0 Å². The van der Waals surface area contributed by atoms with Crippen LogP contribution in [0, 0.1) is 0 Å². The van der Waals surface area contributed by atoms with Crippen molar-refractivity contribution < 1.29 is 4.79 Å². The summed E-state index contributed by atoms with van der Waals surface area (Å²) >= 11 is 1.57. The van der Waals surface area contributed by atoms with E-state index in [1.165, 1.54) is 0 Å². The largest absolute Gasteiger partial charge is 0.389 e. The Kier molecular flexibility index (Phi) is 5.56. The van der Waals surface area contributed by atoms with Crippen LogP contribution in [0.25, 0.3) is 11.0 Å². The number of fused-ring (bicyclic) bond motifs is 1. The molecule has 8 heteroatoms. The predicted octanol–water partition coefficient (Wildman–Crippen LogP) is 2.63. The third-order valence-corrected chi connectivity index (χ3v) is 5.74. The highest BCUT2D eigenvalue weighted by atomic mass is 35.5. The van der Waals surface area contributed by atoms with Gasteiger partial charge in [0.2, 0.25) is 0 Å². The van der Waals surface area contributed by atoms with Crippen molar-refractivity contribution >= 4 is 46.8 Å². The number of nitrogens with one attached hydrogen (secondary N) is 2. The molecule has 1 saturated carbocycles. The zero-order valence-corrected chi connectivity index (χ0v) is 15.4. The Morgan fingerprint density at radius 2 is 2.28 bits per heavy atom. The molecule has 1 aliphatic carbocycles. The average Bonchev–Trinajstić information content (AvgIpc) is 3.22. The molecule has 0 radical (unpaired) electrons. The Hall–Kier alpha value is -1.70. The third-order valence-electron chi connectivity index (χ3n) is 4.71. The number of thioether (sulfide) groups is 1. The van der Waals surface area contributed by atoms with E-state index in [4.69, 9.17) is 5.73 Å². The number of carbonyl (C=O) groups is 1. The van der Waals surface area contributed by atoms with Gasteiger partial charge in [0, 0.05) is 42.3 Å². The molecule has 6 nitrogen and oxygen atoms in total. The Morgan fingerprint density at radius 1 is 1.40 bits per heavy atom. The molecule has 1 aliphatic heterocycles. The highest BCUT2D eigenvalue weighted by Crippen LogP contribution is 2.33. The lowest BCUT2D eigenvalue weighted by Gasteiger charge is -2.18. The number of carbonyl (C=O) groups excluding carboxylic acids is 1. The minimum Gasteiger partial charge on any atom is -0.389 e.